The Morgan fingerprint density at radius 3 is 2.45 bits per heavy atom. The molecule has 0 atom stereocenters. The minimum Gasteiger partial charge on any atom is -0.477 e. The van der Waals surface area contributed by atoms with Gasteiger partial charge in [-0.2, -0.15) is 0 Å². The Balaban J connectivity index is 1.97. The van der Waals surface area contributed by atoms with Crippen LogP contribution in [0.2, 0.25) is 0 Å². The zero-order valence-electron chi connectivity index (χ0n) is 12.5. The Labute approximate surface area is 126 Å². The highest BCUT2D eigenvalue weighted by atomic mass is 32.1. The fourth-order valence-electron chi connectivity index (χ4n) is 2.27. The summed E-state index contributed by atoms with van der Waals surface area (Å²) in [6.07, 6.45) is 10.6. The lowest BCUT2D eigenvalue weighted by atomic mass is 10.1. The minimum atomic E-state index is -0.816. The molecule has 0 amide bonds. The number of thiophene rings is 1. The molecule has 4 heteroatoms. The van der Waals surface area contributed by atoms with Gasteiger partial charge < -0.3 is 10.4 Å². The van der Waals surface area contributed by atoms with Crippen molar-refractivity contribution in [1.29, 1.82) is 0 Å². The second-order valence-electron chi connectivity index (χ2n) is 5.23. The van der Waals surface area contributed by atoms with Crippen LogP contribution >= 0.6 is 11.3 Å². The number of rotatable bonds is 12. The molecule has 0 radical (unpaired) electrons. The van der Waals surface area contributed by atoms with E-state index in [-0.39, 0.29) is 0 Å². The summed E-state index contributed by atoms with van der Waals surface area (Å²) in [5, 5.41) is 14.2. The van der Waals surface area contributed by atoms with Crippen molar-refractivity contribution in [3.8, 4) is 0 Å². The van der Waals surface area contributed by atoms with Gasteiger partial charge in [0.15, 0.2) is 0 Å². The second kappa shape index (κ2) is 10.9. The molecule has 20 heavy (non-hydrogen) atoms. The Morgan fingerprint density at radius 1 is 1.15 bits per heavy atom. The van der Waals surface area contributed by atoms with Crippen molar-refractivity contribution < 1.29 is 9.90 Å². The molecule has 0 aromatic carbocycles. The molecular formula is C16H27NO2S. The van der Waals surface area contributed by atoms with Crippen LogP contribution in [0.25, 0.3) is 0 Å². The number of unbranched alkanes of at least 4 members (excludes halogenated alkanes) is 7. The maximum absolute atomic E-state index is 10.9. The van der Waals surface area contributed by atoms with Gasteiger partial charge in [-0.3, -0.25) is 0 Å². The molecule has 1 aromatic heterocycles. The molecule has 0 unspecified atom stereocenters. The van der Waals surface area contributed by atoms with Crippen LogP contribution in [0.4, 0.5) is 0 Å². The van der Waals surface area contributed by atoms with Crippen LogP contribution in [0, 0.1) is 0 Å². The summed E-state index contributed by atoms with van der Waals surface area (Å²) in [5.41, 5.74) is 0.905. The standard InChI is InChI=1S/C16H27NO2S/c1-2-3-4-5-6-7-8-9-11-17-13-14-10-12-20-15(14)16(18)19/h10,12,17H,2-9,11,13H2,1H3,(H,18,19). The minimum absolute atomic E-state index is 0.466. The summed E-state index contributed by atoms with van der Waals surface area (Å²) in [6.45, 7) is 3.89. The number of hydrogen-bond donors (Lipinski definition) is 2. The van der Waals surface area contributed by atoms with E-state index >= 15 is 0 Å². The van der Waals surface area contributed by atoms with Crippen molar-refractivity contribution in [2.24, 2.45) is 0 Å². The number of carbonyl (C=O) groups is 1. The molecule has 0 aliphatic rings. The zero-order valence-corrected chi connectivity index (χ0v) is 13.3. The summed E-state index contributed by atoms with van der Waals surface area (Å²) in [7, 11) is 0. The van der Waals surface area contributed by atoms with Gasteiger partial charge in [0.2, 0.25) is 0 Å². The first kappa shape index (κ1) is 17.2. The Morgan fingerprint density at radius 2 is 1.80 bits per heavy atom. The molecule has 0 saturated heterocycles. The molecule has 0 saturated carbocycles. The number of carboxylic acids is 1. The first-order valence-corrected chi connectivity index (χ1v) is 8.64. The van der Waals surface area contributed by atoms with E-state index < -0.39 is 5.97 Å². The third kappa shape index (κ3) is 7.06. The average molecular weight is 297 g/mol. The molecule has 114 valence electrons. The largest absolute Gasteiger partial charge is 0.477 e. The molecule has 0 spiro atoms. The van der Waals surface area contributed by atoms with Gasteiger partial charge in [-0.15, -0.1) is 11.3 Å². The SMILES string of the molecule is CCCCCCCCCCNCc1ccsc1C(=O)O. The normalized spacial score (nSPS) is 10.8. The number of carboxylic acid groups (broad SMARTS) is 1. The van der Waals surface area contributed by atoms with Gasteiger partial charge in [-0.05, 0) is 30.0 Å². The maximum Gasteiger partial charge on any atom is 0.346 e. The van der Waals surface area contributed by atoms with Gasteiger partial charge in [0.05, 0.1) is 0 Å². The number of hydrogen-bond acceptors (Lipinski definition) is 3. The highest BCUT2D eigenvalue weighted by Crippen LogP contribution is 2.16. The van der Waals surface area contributed by atoms with Gasteiger partial charge in [-0.25, -0.2) is 4.79 Å². The lowest BCUT2D eigenvalue weighted by Crippen LogP contribution is -2.15. The smallest absolute Gasteiger partial charge is 0.346 e. The van der Waals surface area contributed by atoms with E-state index in [9.17, 15) is 4.79 Å². The molecule has 0 aliphatic heterocycles. The topological polar surface area (TPSA) is 49.3 Å². The van der Waals surface area contributed by atoms with Crippen LogP contribution in [-0.4, -0.2) is 17.6 Å². The third-order valence-electron chi connectivity index (χ3n) is 3.46. The van der Waals surface area contributed by atoms with Crippen LogP contribution in [0.5, 0.6) is 0 Å². The maximum atomic E-state index is 10.9. The van der Waals surface area contributed by atoms with E-state index in [1.807, 2.05) is 11.4 Å². The van der Waals surface area contributed by atoms with Gasteiger partial charge >= 0.3 is 5.97 Å². The van der Waals surface area contributed by atoms with Gasteiger partial charge in [-0.1, -0.05) is 51.9 Å². The van der Waals surface area contributed by atoms with Crippen molar-refractivity contribution in [3.63, 3.8) is 0 Å². The summed E-state index contributed by atoms with van der Waals surface area (Å²) >= 11 is 1.30. The average Bonchev–Trinajstić information content (AvgIpc) is 2.89. The van der Waals surface area contributed by atoms with Gasteiger partial charge in [0.1, 0.15) is 4.88 Å². The fourth-order valence-corrected chi connectivity index (χ4v) is 3.03. The molecule has 1 heterocycles. The van der Waals surface area contributed by atoms with Crippen molar-refractivity contribution in [2.45, 2.75) is 64.8 Å². The fraction of sp³-hybridized carbons (Fsp3) is 0.688. The second-order valence-corrected chi connectivity index (χ2v) is 6.15. The lowest BCUT2D eigenvalue weighted by Gasteiger charge is -2.05. The van der Waals surface area contributed by atoms with Crippen LogP contribution in [0.3, 0.4) is 0 Å². The Kier molecular flexibility index (Phi) is 9.33. The first-order valence-electron chi connectivity index (χ1n) is 7.76. The molecule has 1 aromatic rings. The molecule has 3 nitrogen and oxygen atoms in total. The predicted octanol–water partition coefficient (Wildman–Crippen LogP) is 4.68. The summed E-state index contributed by atoms with van der Waals surface area (Å²) < 4.78 is 0. The van der Waals surface area contributed by atoms with E-state index in [1.54, 1.807) is 0 Å². The molecule has 2 N–H and O–H groups in total. The van der Waals surface area contributed by atoms with Crippen LogP contribution in [0.1, 0.15) is 73.5 Å². The molecule has 0 fully saturated rings. The van der Waals surface area contributed by atoms with E-state index in [4.69, 9.17) is 5.11 Å². The monoisotopic (exact) mass is 297 g/mol. The molecule has 0 bridgehead atoms. The van der Waals surface area contributed by atoms with Crippen molar-refractivity contribution in [1.82, 2.24) is 5.32 Å². The highest BCUT2D eigenvalue weighted by Gasteiger charge is 2.10. The lowest BCUT2D eigenvalue weighted by molar-refractivity contribution is 0.0701. The zero-order chi connectivity index (χ0) is 14.6. The predicted molar refractivity (Wildman–Crippen MR) is 85.6 cm³/mol. The quantitative estimate of drug-likeness (QED) is 0.551. The molecule has 0 aliphatic carbocycles. The number of aromatic carboxylic acids is 1. The van der Waals surface area contributed by atoms with E-state index in [1.165, 1.54) is 62.7 Å². The summed E-state index contributed by atoms with van der Waals surface area (Å²) in [4.78, 5) is 11.4. The van der Waals surface area contributed by atoms with Crippen molar-refractivity contribution in [3.05, 3.63) is 21.9 Å². The van der Waals surface area contributed by atoms with Crippen LogP contribution < -0.4 is 5.32 Å². The van der Waals surface area contributed by atoms with Crippen LogP contribution in [-0.2, 0) is 6.54 Å². The Bertz CT molecular complexity index is 376. The summed E-state index contributed by atoms with van der Waals surface area (Å²) in [5.74, 6) is -0.816. The highest BCUT2D eigenvalue weighted by molar-refractivity contribution is 7.12. The first-order chi connectivity index (χ1) is 9.75. The van der Waals surface area contributed by atoms with Gasteiger partial charge in [0.25, 0.3) is 0 Å². The van der Waals surface area contributed by atoms with Gasteiger partial charge in [0, 0.05) is 6.54 Å². The van der Waals surface area contributed by atoms with E-state index in [2.05, 4.69) is 12.2 Å². The van der Waals surface area contributed by atoms with Crippen molar-refractivity contribution in [2.75, 3.05) is 6.54 Å². The van der Waals surface area contributed by atoms with Crippen molar-refractivity contribution >= 4 is 17.3 Å². The van der Waals surface area contributed by atoms with Crippen LogP contribution in [0.15, 0.2) is 11.4 Å². The van der Waals surface area contributed by atoms with E-state index in [0.717, 1.165) is 12.1 Å². The number of nitrogens with one attached hydrogen (secondary N) is 1. The molecular weight excluding hydrogens is 270 g/mol. The third-order valence-corrected chi connectivity index (χ3v) is 4.41. The Hall–Kier alpha value is -0.870. The summed E-state index contributed by atoms with van der Waals surface area (Å²) in [6, 6.07) is 1.90. The molecule has 1 rings (SSSR count). The van der Waals surface area contributed by atoms with E-state index in [0.29, 0.717) is 11.4 Å².